The molecule has 5 spiro atoms. The van der Waals surface area contributed by atoms with Gasteiger partial charge in [0.05, 0.1) is 143 Å². The number of allylic oxidation sites excluding steroid dienone is 5. The Hall–Kier alpha value is -6.04. The Balaban J connectivity index is 0.000000135. The number of ether oxygens (including phenoxy) is 20. The number of methoxy groups -OCH3 is 5. The number of nitrogens with zero attached hydrogens (tertiary/aromatic N) is 5. The van der Waals surface area contributed by atoms with Gasteiger partial charge in [-0.1, -0.05) is 72.1 Å². The normalized spacial score (nSPS) is 42.2. The molecule has 14 heterocycles. The van der Waals surface area contributed by atoms with Crippen molar-refractivity contribution in [3.8, 4) is 0 Å². The van der Waals surface area contributed by atoms with Crippen LogP contribution in [0.3, 0.4) is 0 Å². The van der Waals surface area contributed by atoms with Crippen LogP contribution in [-0.4, -0.2) is 381 Å². The fourth-order valence-corrected chi connectivity index (χ4v) is 25.9. The molecule has 5 saturated carbocycles. The van der Waals surface area contributed by atoms with Crippen LogP contribution >= 0.6 is 0 Å². The zero-order valence-corrected chi connectivity index (χ0v) is 89.9. The monoisotopic (exact) mass is 2020 g/mol. The van der Waals surface area contributed by atoms with E-state index in [2.05, 4.69) is 134 Å². The number of aliphatic hydroxyl groups is 4. The zero-order chi connectivity index (χ0) is 104. The van der Waals surface area contributed by atoms with Crippen molar-refractivity contribution in [2.75, 3.05) is 128 Å². The number of hydrogen-bond donors (Lipinski definition) is 4. The molecule has 0 aromatic carbocycles. The maximum atomic E-state index is 12.9. The number of likely N-dealkylation sites (tertiary alicyclic amines) is 4. The molecule has 14 saturated heterocycles. The molecule has 5 amide bonds. The molecule has 19 aliphatic rings. The summed E-state index contributed by atoms with van der Waals surface area (Å²) in [6.45, 7) is 43.9. The molecular weight excluding hydrogens is 1850 g/mol. The van der Waals surface area contributed by atoms with E-state index in [0.717, 1.165) is 103 Å². The third kappa shape index (κ3) is 24.0. The summed E-state index contributed by atoms with van der Waals surface area (Å²) in [4.78, 5) is 83.0. The first kappa shape index (κ1) is 111. The highest BCUT2D eigenvalue weighted by atomic mass is 16.7. The SMILES string of the molecule is COC1[C@H](OC(=O)CC(C(=O)N(C)C)C(C)C)CCC2(CO2)[C@H]1[C@@]1(C)O[C@@H]1CC=C(C)C.COC1[C@H](OC(=O)N2CC(C)(O)C2)CCC2(CO2)[C@H]1[C@@]1(C)O[C@@H]1CC=C(C)C.COC1[C@H](OC(=O)N2CC(O)C2)CCC2(CO2)[C@H]1[C@@]1(C)O[C@@H]1CC=C(C)C.COC1[C@H](OC(=O)N2CCC(O)C2O)CCC2(CO2)[C@H]1[C@@]1(C)O[C@@H]1CC=C(C)C.COC1[C@H](OC(=O)N2CCCC2)CCC2(CO2)[C@H]1[C@@]1(C)O[C@@H]1CC=C(C)C. The molecule has 5 aliphatic carbocycles. The summed E-state index contributed by atoms with van der Waals surface area (Å²) < 4.78 is 119. The fraction of sp³-hybridized carbons (Fsp3) is 0.852. The minimum absolute atomic E-state index is 0.00795. The molecular formula is C108H171N5O30. The Morgan fingerprint density at radius 3 is 0.881 bits per heavy atom. The van der Waals surface area contributed by atoms with Crippen molar-refractivity contribution in [2.24, 2.45) is 41.4 Å². The predicted molar refractivity (Wildman–Crippen MR) is 524 cm³/mol. The van der Waals surface area contributed by atoms with E-state index in [9.17, 15) is 49.2 Å². The average molecular weight is 2020 g/mol. The molecule has 143 heavy (non-hydrogen) atoms. The molecule has 0 aromatic rings. The van der Waals surface area contributed by atoms with Gasteiger partial charge in [0, 0.05) is 69.3 Å². The van der Waals surface area contributed by atoms with Gasteiger partial charge in [0.25, 0.3) is 0 Å². The van der Waals surface area contributed by atoms with E-state index < -0.39 is 47.8 Å². The molecule has 0 radical (unpaired) electrons. The van der Waals surface area contributed by atoms with Crippen LogP contribution in [0, 0.1) is 41.4 Å². The predicted octanol–water partition coefficient (Wildman–Crippen LogP) is 12.4. The van der Waals surface area contributed by atoms with Crippen molar-refractivity contribution in [2.45, 2.75) is 418 Å². The molecule has 33 atom stereocenters. The van der Waals surface area contributed by atoms with E-state index in [1.54, 1.807) is 61.5 Å². The van der Waals surface area contributed by atoms with Crippen LogP contribution in [0.15, 0.2) is 58.2 Å². The third-order valence-corrected chi connectivity index (χ3v) is 34.8. The number of esters is 1. The Bertz CT molecular complexity index is 4610. The van der Waals surface area contributed by atoms with Gasteiger partial charge in [-0.15, -0.1) is 0 Å². The van der Waals surface area contributed by atoms with Gasteiger partial charge in [-0.25, -0.2) is 19.2 Å². The maximum Gasteiger partial charge on any atom is 0.412 e. The molecule has 808 valence electrons. The van der Waals surface area contributed by atoms with Crippen molar-refractivity contribution >= 4 is 36.2 Å². The molecule has 4 N–H and O–H groups in total. The topological polar surface area (TPSA) is 417 Å². The van der Waals surface area contributed by atoms with E-state index in [0.29, 0.717) is 84.7 Å². The molecule has 13 unspecified atom stereocenters. The number of carbonyl (C=O) groups excluding carboxylic acids is 6. The van der Waals surface area contributed by atoms with Crippen LogP contribution in [0.5, 0.6) is 0 Å². The van der Waals surface area contributed by atoms with Gasteiger partial charge in [-0.05, 0) is 232 Å². The Morgan fingerprint density at radius 1 is 0.385 bits per heavy atom. The van der Waals surface area contributed by atoms with Gasteiger partial charge in [0.1, 0.15) is 123 Å². The summed E-state index contributed by atoms with van der Waals surface area (Å²) >= 11 is 0. The summed E-state index contributed by atoms with van der Waals surface area (Å²) in [5.41, 5.74) is 2.71. The van der Waals surface area contributed by atoms with Crippen molar-refractivity contribution < 1.29 is 144 Å². The van der Waals surface area contributed by atoms with E-state index in [4.69, 9.17) is 94.7 Å². The second-order valence-corrected chi connectivity index (χ2v) is 47.5. The number of β-amino-alcohol motifs (C(OH)–C–C–N with tert-alkyl or cyclic N) is 2. The Kier molecular flexibility index (Phi) is 33.7. The number of amides is 5. The first-order chi connectivity index (χ1) is 67.4. The summed E-state index contributed by atoms with van der Waals surface area (Å²) in [5.74, 6) is -0.668. The van der Waals surface area contributed by atoms with Gasteiger partial charge < -0.3 is 135 Å². The molecule has 0 bridgehead atoms. The highest BCUT2D eigenvalue weighted by Crippen LogP contribution is 2.66. The van der Waals surface area contributed by atoms with E-state index >= 15 is 0 Å². The quantitative estimate of drug-likeness (QED) is 0.0234. The van der Waals surface area contributed by atoms with Crippen molar-refractivity contribution in [1.82, 2.24) is 24.5 Å². The molecule has 14 aliphatic heterocycles. The smallest absolute Gasteiger partial charge is 0.412 e. The van der Waals surface area contributed by atoms with E-state index in [1.165, 1.54) is 42.6 Å². The highest BCUT2D eigenvalue weighted by Gasteiger charge is 2.78. The van der Waals surface area contributed by atoms with Gasteiger partial charge in [-0.2, -0.15) is 0 Å². The number of aliphatic hydroxyl groups excluding tert-OH is 3. The van der Waals surface area contributed by atoms with Gasteiger partial charge in [0.2, 0.25) is 5.91 Å². The van der Waals surface area contributed by atoms with E-state index in [1.807, 2.05) is 18.7 Å². The number of hydrogen-bond acceptors (Lipinski definition) is 30. The molecule has 19 fully saturated rings. The largest absolute Gasteiger partial charge is 0.460 e. The van der Waals surface area contributed by atoms with Crippen molar-refractivity contribution in [1.29, 1.82) is 0 Å². The lowest BCUT2D eigenvalue weighted by atomic mass is 9.68. The zero-order valence-electron chi connectivity index (χ0n) is 89.9. The van der Waals surface area contributed by atoms with Crippen molar-refractivity contribution in [3.63, 3.8) is 0 Å². The standard InChI is InChI=1S/C25H41NO6.C21H33NO7.C21H33NO6.C21H33NO5.C20H31NO6/c1-15(2)9-10-19-24(5,32-19)22-21(29-8)18(11-12-25(22)14-30-25)31-20(27)13-17(16(3)4)23(28)26(6)7;1-12(2)5-6-15-20(3,29-15)17-16(26-4)14(7-9-21(17)11-27-21)28-19(25)22-10-8-13(23)18(22)24;1-13(2)6-7-15-20(4,28-15)17-16(25-5)14(8-9-21(17)12-26-21)27-18(23)22-10-19(3,24)11-22;1-14(2)7-8-16-20(3,27-16)18-17(24-4)15(9-10-21(18)13-25-21)26-19(23)22-11-5-6-12-22;1-12(2)5-6-15-19(3,27-15)17-16(24-4)14(7-8-20(17)11-25-20)26-18(23)21-9-13(22)10-21/h9,16-19,21-22H,10-14H2,1-8H3;5,13-18,23-24H,6-11H2,1-4H3;6,14-17,24H,7-12H2,1-5H3;7,15-18H,5-6,8-13H2,1-4H3;5,13-17,22H,6-11H2,1-4H3/t17?,18-,19-,21?,22-,24+,25?;13?,14-,15-,16?,17-,18?,20+,21?;14-,15-,16?,17-,20+,21?;15-,16-,17?,18-,20+,21?;14-,15-,16?,17-,19+,20?/m11111/s1. The van der Waals surface area contributed by atoms with E-state index in [-0.39, 0.29) is 214 Å². The summed E-state index contributed by atoms with van der Waals surface area (Å²) in [5, 5.41) is 39.0. The third-order valence-electron chi connectivity index (χ3n) is 34.8. The molecule has 19 rings (SSSR count). The number of epoxide rings is 10. The van der Waals surface area contributed by atoms with Crippen LogP contribution < -0.4 is 0 Å². The van der Waals surface area contributed by atoms with Crippen LogP contribution in [0.2, 0.25) is 0 Å². The number of rotatable bonds is 29. The second kappa shape index (κ2) is 43.4. The minimum atomic E-state index is -1.22. The summed E-state index contributed by atoms with van der Waals surface area (Å²) in [6.07, 6.45) is 18.9. The van der Waals surface area contributed by atoms with Crippen LogP contribution in [0.1, 0.15) is 247 Å². The molecule has 35 heteroatoms. The highest BCUT2D eigenvalue weighted by molar-refractivity contribution is 5.84. The molecule has 0 aromatic heterocycles. The first-order valence-electron chi connectivity index (χ1n) is 52.9. The van der Waals surface area contributed by atoms with Gasteiger partial charge in [-0.3, -0.25) is 14.5 Å². The summed E-state index contributed by atoms with van der Waals surface area (Å²) in [6, 6.07) is 0. The lowest BCUT2D eigenvalue weighted by Gasteiger charge is -2.46. The van der Waals surface area contributed by atoms with Gasteiger partial charge in [0.15, 0.2) is 6.23 Å². The number of carbonyl (C=O) groups is 6. The Morgan fingerprint density at radius 2 is 0.650 bits per heavy atom. The fourth-order valence-electron chi connectivity index (χ4n) is 25.9. The summed E-state index contributed by atoms with van der Waals surface area (Å²) in [7, 11) is 11.8. The van der Waals surface area contributed by atoms with Crippen LogP contribution in [0.25, 0.3) is 0 Å². The minimum Gasteiger partial charge on any atom is -0.460 e. The maximum absolute atomic E-state index is 12.9. The lowest BCUT2D eigenvalue weighted by molar-refractivity contribution is -0.174. The average Bonchev–Trinajstić information content (AvgIpc) is 1.56. The van der Waals surface area contributed by atoms with Crippen molar-refractivity contribution in [3.05, 3.63) is 58.2 Å². The van der Waals surface area contributed by atoms with Gasteiger partial charge >= 0.3 is 30.3 Å². The second-order valence-electron chi connectivity index (χ2n) is 47.5. The lowest BCUT2D eigenvalue weighted by Crippen LogP contribution is -2.63. The Labute approximate surface area is 846 Å². The van der Waals surface area contributed by atoms with Crippen LogP contribution in [-0.2, 0) is 104 Å². The molecule has 35 nitrogen and oxygen atoms in total. The first-order valence-corrected chi connectivity index (χ1v) is 52.9. The van der Waals surface area contributed by atoms with Crippen LogP contribution in [0.4, 0.5) is 19.2 Å².